The van der Waals surface area contributed by atoms with E-state index in [1.54, 1.807) is 18.2 Å². The fourth-order valence-electron chi connectivity index (χ4n) is 1.43. The molecule has 106 valence electrons. The number of carbonyl (C=O) groups excluding carboxylic acids is 1. The van der Waals surface area contributed by atoms with E-state index in [0.717, 1.165) is 4.34 Å². The van der Waals surface area contributed by atoms with E-state index < -0.39 is 0 Å². The zero-order valence-corrected chi connectivity index (χ0v) is 13.2. The second-order valence-electron chi connectivity index (χ2n) is 3.61. The summed E-state index contributed by atoms with van der Waals surface area (Å²) in [5.74, 6) is 0.282. The lowest BCUT2D eigenvalue weighted by Gasteiger charge is -2.07. The van der Waals surface area contributed by atoms with Crippen LogP contribution in [0.3, 0.4) is 0 Å². The molecule has 0 aliphatic heterocycles. The van der Waals surface area contributed by atoms with Gasteiger partial charge < -0.3 is 4.74 Å². The van der Waals surface area contributed by atoms with Crippen LogP contribution in [0.1, 0.15) is 17.3 Å². The van der Waals surface area contributed by atoms with Crippen LogP contribution in [0.25, 0.3) is 0 Å². The molecule has 8 heteroatoms. The summed E-state index contributed by atoms with van der Waals surface area (Å²) in [4.78, 5) is 12.1. The van der Waals surface area contributed by atoms with Gasteiger partial charge in [0.1, 0.15) is 5.75 Å². The minimum absolute atomic E-state index is 0.279. The Morgan fingerprint density at radius 1 is 1.50 bits per heavy atom. The van der Waals surface area contributed by atoms with Crippen LogP contribution < -0.4 is 10.1 Å². The van der Waals surface area contributed by atoms with Gasteiger partial charge in [0.2, 0.25) is 5.13 Å². The van der Waals surface area contributed by atoms with Crippen molar-refractivity contribution in [2.45, 2.75) is 11.3 Å². The summed E-state index contributed by atoms with van der Waals surface area (Å²) >= 11 is 8.85. The molecule has 2 aromatic rings. The number of nitrogens with one attached hydrogen (secondary N) is 1. The lowest BCUT2D eigenvalue weighted by Crippen LogP contribution is -2.11. The van der Waals surface area contributed by atoms with Gasteiger partial charge in [0.15, 0.2) is 4.34 Å². The molecule has 0 saturated heterocycles. The molecule has 0 aliphatic rings. The first-order valence-electron chi connectivity index (χ1n) is 5.75. The van der Waals surface area contributed by atoms with E-state index in [0.29, 0.717) is 28.1 Å². The molecular weight excluding hydrogens is 318 g/mol. The van der Waals surface area contributed by atoms with Gasteiger partial charge in [0.05, 0.1) is 11.6 Å². The number of benzene rings is 1. The predicted molar refractivity (Wildman–Crippen MR) is 82.3 cm³/mol. The average Bonchev–Trinajstić information content (AvgIpc) is 2.89. The van der Waals surface area contributed by atoms with Crippen LogP contribution in [0.4, 0.5) is 5.13 Å². The monoisotopic (exact) mass is 329 g/mol. The number of hydrogen-bond donors (Lipinski definition) is 1. The Balaban J connectivity index is 2.10. The Kier molecular flexibility index (Phi) is 5.22. The third-order valence-corrected chi connectivity index (χ3v) is 4.41. The number of nitrogens with zero attached hydrogens (tertiary/aromatic N) is 2. The lowest BCUT2D eigenvalue weighted by atomic mass is 10.2. The standard InChI is InChI=1S/C12H12ClN3O2S2/c1-3-18-9-5-4-7(6-8(9)13)10(17)14-11-15-16-12(19-2)20-11/h4-6H,3H2,1-2H3,(H,14,15,17). The first-order valence-corrected chi connectivity index (χ1v) is 8.17. The second-order valence-corrected chi connectivity index (χ2v) is 6.05. The van der Waals surface area contributed by atoms with Crippen LogP contribution in [0, 0.1) is 0 Å². The molecule has 0 atom stereocenters. The van der Waals surface area contributed by atoms with Crippen molar-refractivity contribution < 1.29 is 9.53 Å². The van der Waals surface area contributed by atoms with Crippen LogP contribution in [0.2, 0.25) is 5.02 Å². The number of thioether (sulfide) groups is 1. The summed E-state index contributed by atoms with van der Waals surface area (Å²) in [6.45, 7) is 2.39. The molecule has 0 saturated carbocycles. The van der Waals surface area contributed by atoms with E-state index in [4.69, 9.17) is 16.3 Å². The van der Waals surface area contributed by atoms with Gasteiger partial charge in [-0.2, -0.15) is 0 Å². The molecule has 20 heavy (non-hydrogen) atoms. The number of hydrogen-bond acceptors (Lipinski definition) is 6. The summed E-state index contributed by atoms with van der Waals surface area (Å²) in [5, 5.41) is 11.3. The number of rotatable bonds is 5. The average molecular weight is 330 g/mol. The normalized spacial score (nSPS) is 10.3. The molecule has 1 aromatic heterocycles. The van der Waals surface area contributed by atoms with Gasteiger partial charge in [-0.25, -0.2) is 0 Å². The van der Waals surface area contributed by atoms with Crippen molar-refractivity contribution in [3.8, 4) is 5.75 Å². The Hall–Kier alpha value is -1.31. The first-order chi connectivity index (χ1) is 9.63. The number of halogens is 1. The minimum atomic E-state index is -0.279. The van der Waals surface area contributed by atoms with E-state index >= 15 is 0 Å². The number of aromatic nitrogens is 2. The highest BCUT2D eigenvalue weighted by molar-refractivity contribution is 8.00. The van der Waals surface area contributed by atoms with Gasteiger partial charge in [0, 0.05) is 5.56 Å². The van der Waals surface area contributed by atoms with Crippen LogP contribution in [0.5, 0.6) is 5.75 Å². The van der Waals surface area contributed by atoms with Crippen molar-refractivity contribution >= 4 is 45.7 Å². The van der Waals surface area contributed by atoms with Crippen LogP contribution >= 0.6 is 34.7 Å². The molecule has 0 aliphatic carbocycles. The van der Waals surface area contributed by atoms with Crippen LogP contribution in [-0.4, -0.2) is 29.0 Å². The Bertz CT molecular complexity index is 618. The predicted octanol–water partition coefficient (Wildman–Crippen LogP) is 3.56. The van der Waals surface area contributed by atoms with Gasteiger partial charge in [-0.1, -0.05) is 34.7 Å². The van der Waals surface area contributed by atoms with Crippen molar-refractivity contribution in [2.24, 2.45) is 0 Å². The largest absolute Gasteiger partial charge is 0.492 e. The minimum Gasteiger partial charge on any atom is -0.492 e. The quantitative estimate of drug-likeness (QED) is 0.671. The molecule has 2 rings (SSSR count). The van der Waals surface area contributed by atoms with Gasteiger partial charge >= 0.3 is 0 Å². The second kappa shape index (κ2) is 6.92. The van der Waals surface area contributed by atoms with Gasteiger partial charge in [-0.05, 0) is 31.4 Å². The van der Waals surface area contributed by atoms with Crippen LogP contribution in [-0.2, 0) is 0 Å². The Morgan fingerprint density at radius 3 is 2.90 bits per heavy atom. The smallest absolute Gasteiger partial charge is 0.257 e. The SMILES string of the molecule is CCOc1ccc(C(=O)Nc2nnc(SC)s2)cc1Cl. The molecule has 5 nitrogen and oxygen atoms in total. The van der Waals surface area contributed by atoms with E-state index in [1.807, 2.05) is 13.2 Å². The molecule has 0 fully saturated rings. The third-order valence-electron chi connectivity index (χ3n) is 2.30. The van der Waals surface area contributed by atoms with Crippen molar-refractivity contribution in [3.63, 3.8) is 0 Å². The summed E-state index contributed by atoms with van der Waals surface area (Å²) in [7, 11) is 0. The summed E-state index contributed by atoms with van der Waals surface area (Å²) in [5.41, 5.74) is 0.444. The molecule has 1 amide bonds. The van der Waals surface area contributed by atoms with Crippen molar-refractivity contribution in [3.05, 3.63) is 28.8 Å². The third kappa shape index (κ3) is 3.62. The zero-order chi connectivity index (χ0) is 14.5. The number of anilines is 1. The summed E-state index contributed by atoms with van der Waals surface area (Å²) in [6.07, 6.45) is 1.90. The van der Waals surface area contributed by atoms with Gasteiger partial charge in [0.25, 0.3) is 5.91 Å². The van der Waals surface area contributed by atoms with E-state index in [2.05, 4.69) is 15.5 Å². The maximum absolute atomic E-state index is 12.1. The van der Waals surface area contributed by atoms with Crippen molar-refractivity contribution in [1.82, 2.24) is 10.2 Å². The van der Waals surface area contributed by atoms with Gasteiger partial charge in [-0.15, -0.1) is 10.2 Å². The highest BCUT2D eigenvalue weighted by Gasteiger charge is 2.12. The van der Waals surface area contributed by atoms with Gasteiger partial charge in [-0.3, -0.25) is 10.1 Å². The van der Waals surface area contributed by atoms with E-state index in [-0.39, 0.29) is 5.91 Å². The zero-order valence-electron chi connectivity index (χ0n) is 10.8. The summed E-state index contributed by atoms with van der Waals surface area (Å²) in [6, 6.07) is 4.90. The molecule has 0 spiro atoms. The fourth-order valence-corrected chi connectivity index (χ4v) is 2.83. The first kappa shape index (κ1) is 15.1. The molecule has 0 unspecified atom stereocenters. The van der Waals surface area contributed by atoms with E-state index in [1.165, 1.54) is 23.1 Å². The Morgan fingerprint density at radius 2 is 2.30 bits per heavy atom. The Labute approximate surface area is 129 Å². The fraction of sp³-hybridized carbons (Fsp3) is 0.250. The topological polar surface area (TPSA) is 64.1 Å². The van der Waals surface area contributed by atoms with Crippen molar-refractivity contribution in [1.29, 1.82) is 0 Å². The molecule has 0 radical (unpaired) electrons. The lowest BCUT2D eigenvalue weighted by molar-refractivity contribution is 0.102. The van der Waals surface area contributed by atoms with Crippen LogP contribution in [0.15, 0.2) is 22.5 Å². The maximum Gasteiger partial charge on any atom is 0.257 e. The number of amides is 1. The molecule has 1 aromatic carbocycles. The maximum atomic E-state index is 12.1. The molecule has 0 bridgehead atoms. The van der Waals surface area contributed by atoms with E-state index in [9.17, 15) is 4.79 Å². The molecule has 1 N–H and O–H groups in total. The molecular formula is C12H12ClN3O2S2. The van der Waals surface area contributed by atoms with Crippen molar-refractivity contribution in [2.75, 3.05) is 18.2 Å². The molecule has 1 heterocycles. The highest BCUT2D eigenvalue weighted by atomic mass is 35.5. The highest BCUT2D eigenvalue weighted by Crippen LogP contribution is 2.27. The summed E-state index contributed by atoms with van der Waals surface area (Å²) < 4.78 is 6.12. The number of carbonyl (C=O) groups is 1. The number of ether oxygens (including phenoxy) is 1.